The normalized spacial score (nSPS) is 14.5. The van der Waals surface area contributed by atoms with Crippen molar-refractivity contribution in [3.05, 3.63) is 45.7 Å². The van der Waals surface area contributed by atoms with Gasteiger partial charge in [0.05, 0.1) is 0 Å². The van der Waals surface area contributed by atoms with E-state index in [0.29, 0.717) is 22.6 Å². The average Bonchev–Trinajstić information content (AvgIpc) is 3.16. The first-order valence-corrected chi connectivity index (χ1v) is 8.86. The third-order valence-corrected chi connectivity index (χ3v) is 5.76. The van der Waals surface area contributed by atoms with Gasteiger partial charge in [-0.1, -0.05) is 11.3 Å². The lowest BCUT2D eigenvalue weighted by atomic mass is 10.2. The lowest BCUT2D eigenvalue weighted by molar-refractivity contribution is 0.0951. The van der Waals surface area contributed by atoms with E-state index in [-0.39, 0.29) is 16.2 Å². The molecule has 0 spiro atoms. The minimum atomic E-state index is -3.80. The summed E-state index contributed by atoms with van der Waals surface area (Å²) in [4.78, 5) is 24.7. The molecule has 0 atom stereocenters. The summed E-state index contributed by atoms with van der Waals surface area (Å²) in [6.45, 7) is 0. The molecule has 1 aromatic heterocycles. The fraction of sp³-hybridized carbons (Fsp3) is 0.231. The number of nitrogens with one attached hydrogen (secondary N) is 3. The van der Waals surface area contributed by atoms with Crippen LogP contribution in [0.4, 0.5) is 5.69 Å². The second-order valence-corrected chi connectivity index (χ2v) is 7.85. The molecule has 0 radical (unpaired) electrons. The van der Waals surface area contributed by atoms with Crippen LogP contribution in [0.25, 0.3) is 0 Å². The Hall–Kier alpha value is -2.13. The monoisotopic (exact) mass is 339 g/mol. The highest BCUT2D eigenvalue weighted by atomic mass is 32.2. The minimum absolute atomic E-state index is 0.0898. The number of aromatic amines is 1. The Morgan fingerprint density at radius 2 is 1.91 bits per heavy atom. The molecular weight excluding hydrogens is 326 g/mol. The Labute approximate surface area is 130 Å². The molecule has 0 aliphatic heterocycles. The maximum Gasteiger partial charge on any atom is 0.305 e. The number of H-pyrrole nitrogens is 1. The van der Waals surface area contributed by atoms with Gasteiger partial charge in [-0.25, -0.2) is 8.42 Å². The number of hydrogen-bond acceptors (Lipinski definition) is 5. The summed E-state index contributed by atoms with van der Waals surface area (Å²) in [5, 5.41) is 2.85. The molecule has 1 aliphatic rings. The SMILES string of the molecule is O=C(NC1CC1)c1ccc(NS(=O)(=O)c2c[nH]c(=O)s2)cc1. The van der Waals surface area contributed by atoms with Crippen LogP contribution in [-0.4, -0.2) is 25.4 Å². The first kappa shape index (κ1) is 14.8. The summed E-state index contributed by atoms with van der Waals surface area (Å²) >= 11 is 0.610. The van der Waals surface area contributed by atoms with Gasteiger partial charge in [0.15, 0.2) is 4.21 Å². The third-order valence-electron chi connectivity index (χ3n) is 3.08. The topological polar surface area (TPSA) is 108 Å². The third kappa shape index (κ3) is 3.37. The number of amides is 1. The largest absolute Gasteiger partial charge is 0.349 e. The van der Waals surface area contributed by atoms with E-state index in [2.05, 4.69) is 15.0 Å². The number of carbonyl (C=O) groups is 1. The van der Waals surface area contributed by atoms with E-state index < -0.39 is 14.9 Å². The summed E-state index contributed by atoms with van der Waals surface area (Å²) in [6, 6.07) is 6.38. The number of thiazole rings is 1. The Morgan fingerprint density at radius 3 is 2.45 bits per heavy atom. The molecule has 0 saturated heterocycles. The van der Waals surface area contributed by atoms with Crippen molar-refractivity contribution in [3.8, 4) is 0 Å². The number of aromatic nitrogens is 1. The number of sulfonamides is 1. The van der Waals surface area contributed by atoms with Crippen LogP contribution in [0.2, 0.25) is 0 Å². The molecule has 1 amide bonds. The highest BCUT2D eigenvalue weighted by Crippen LogP contribution is 2.20. The van der Waals surface area contributed by atoms with E-state index >= 15 is 0 Å². The lowest BCUT2D eigenvalue weighted by Crippen LogP contribution is -2.25. The van der Waals surface area contributed by atoms with E-state index in [9.17, 15) is 18.0 Å². The van der Waals surface area contributed by atoms with Gasteiger partial charge < -0.3 is 10.3 Å². The molecule has 9 heteroatoms. The predicted octanol–water partition coefficient (Wildman–Crippen LogP) is 1.13. The molecule has 2 aromatic rings. The van der Waals surface area contributed by atoms with Crippen molar-refractivity contribution < 1.29 is 13.2 Å². The molecule has 1 aliphatic carbocycles. The van der Waals surface area contributed by atoms with Crippen molar-refractivity contribution in [2.45, 2.75) is 23.1 Å². The highest BCUT2D eigenvalue weighted by Gasteiger charge is 2.23. The summed E-state index contributed by atoms with van der Waals surface area (Å²) in [5.74, 6) is -0.166. The zero-order valence-corrected chi connectivity index (χ0v) is 13.0. The number of anilines is 1. The smallest absolute Gasteiger partial charge is 0.305 e. The van der Waals surface area contributed by atoms with Crippen LogP contribution in [0, 0.1) is 0 Å². The van der Waals surface area contributed by atoms with Crippen molar-refractivity contribution in [1.29, 1.82) is 0 Å². The molecule has 1 fully saturated rings. The summed E-state index contributed by atoms with van der Waals surface area (Å²) < 4.78 is 26.4. The quantitative estimate of drug-likeness (QED) is 0.759. The second-order valence-electron chi connectivity index (χ2n) is 4.93. The minimum Gasteiger partial charge on any atom is -0.349 e. The van der Waals surface area contributed by atoms with Crippen LogP contribution in [0.1, 0.15) is 23.2 Å². The van der Waals surface area contributed by atoms with Crippen LogP contribution in [-0.2, 0) is 10.0 Å². The maximum atomic E-state index is 12.0. The van der Waals surface area contributed by atoms with Crippen molar-refractivity contribution in [1.82, 2.24) is 10.3 Å². The zero-order chi connectivity index (χ0) is 15.7. The molecule has 0 unspecified atom stereocenters. The fourth-order valence-corrected chi connectivity index (χ4v) is 3.76. The van der Waals surface area contributed by atoms with Gasteiger partial charge in [-0.2, -0.15) is 0 Å². The second kappa shape index (κ2) is 5.58. The standard InChI is InChI=1S/C13H13N3O4S2/c17-12(15-9-5-6-9)8-1-3-10(4-2-8)16-22(19,20)11-7-14-13(18)21-11/h1-4,7,9,16H,5-6H2,(H,14,18)(H,15,17). The first-order valence-electron chi connectivity index (χ1n) is 6.56. The van der Waals surface area contributed by atoms with Crippen LogP contribution in [0.15, 0.2) is 39.5 Å². The lowest BCUT2D eigenvalue weighted by Gasteiger charge is -2.07. The molecule has 1 aromatic carbocycles. The Kier molecular flexibility index (Phi) is 3.75. The van der Waals surface area contributed by atoms with E-state index in [4.69, 9.17) is 0 Å². The van der Waals surface area contributed by atoms with Gasteiger partial charge in [0.25, 0.3) is 15.9 Å². The predicted molar refractivity (Wildman–Crippen MR) is 82.7 cm³/mol. The van der Waals surface area contributed by atoms with Gasteiger partial charge in [-0.05, 0) is 37.1 Å². The summed E-state index contributed by atoms with van der Waals surface area (Å²) in [5.41, 5.74) is 0.796. The van der Waals surface area contributed by atoms with Crippen molar-refractivity contribution in [2.75, 3.05) is 4.72 Å². The van der Waals surface area contributed by atoms with E-state index in [1.807, 2.05) is 0 Å². The van der Waals surface area contributed by atoms with Crippen LogP contribution in [0.3, 0.4) is 0 Å². The fourth-order valence-electron chi connectivity index (χ4n) is 1.79. The Balaban J connectivity index is 1.72. The van der Waals surface area contributed by atoms with Crippen molar-refractivity contribution in [2.24, 2.45) is 0 Å². The first-order chi connectivity index (χ1) is 10.4. The van der Waals surface area contributed by atoms with Crippen LogP contribution < -0.4 is 14.9 Å². The van der Waals surface area contributed by atoms with Gasteiger partial charge in [0.1, 0.15) is 0 Å². The summed E-state index contributed by atoms with van der Waals surface area (Å²) in [6.07, 6.45) is 3.15. The van der Waals surface area contributed by atoms with E-state index in [0.717, 1.165) is 19.0 Å². The molecule has 3 rings (SSSR count). The molecular formula is C13H13N3O4S2. The van der Waals surface area contributed by atoms with E-state index in [1.54, 1.807) is 12.1 Å². The van der Waals surface area contributed by atoms with Crippen molar-refractivity contribution in [3.63, 3.8) is 0 Å². The molecule has 3 N–H and O–H groups in total. The van der Waals surface area contributed by atoms with Gasteiger partial charge >= 0.3 is 4.87 Å². The van der Waals surface area contributed by atoms with Crippen LogP contribution in [0.5, 0.6) is 0 Å². The van der Waals surface area contributed by atoms with Gasteiger partial charge in [-0.15, -0.1) is 0 Å². The Bertz CT molecular complexity index is 848. The van der Waals surface area contributed by atoms with Crippen molar-refractivity contribution >= 4 is 33.0 Å². The molecule has 7 nitrogen and oxygen atoms in total. The number of rotatable bonds is 5. The molecule has 1 heterocycles. The zero-order valence-electron chi connectivity index (χ0n) is 11.3. The highest BCUT2D eigenvalue weighted by molar-refractivity contribution is 7.94. The Morgan fingerprint density at radius 1 is 1.23 bits per heavy atom. The molecule has 1 saturated carbocycles. The number of carbonyl (C=O) groups excluding carboxylic acids is 1. The summed E-state index contributed by atoms with van der Waals surface area (Å²) in [7, 11) is -3.80. The number of hydrogen-bond donors (Lipinski definition) is 3. The molecule has 116 valence electrons. The van der Waals surface area contributed by atoms with Gasteiger partial charge in [0, 0.05) is 23.5 Å². The number of benzene rings is 1. The average molecular weight is 339 g/mol. The molecule has 0 bridgehead atoms. The van der Waals surface area contributed by atoms with Gasteiger partial charge in [0.2, 0.25) is 0 Å². The van der Waals surface area contributed by atoms with E-state index in [1.165, 1.54) is 12.1 Å². The molecule has 22 heavy (non-hydrogen) atoms. The van der Waals surface area contributed by atoms with Crippen LogP contribution >= 0.6 is 11.3 Å². The van der Waals surface area contributed by atoms with Gasteiger partial charge in [-0.3, -0.25) is 14.3 Å². The maximum absolute atomic E-state index is 12.0.